The third-order valence-corrected chi connectivity index (χ3v) is 6.57. The van der Waals surface area contributed by atoms with E-state index in [4.69, 9.17) is 14.2 Å². The van der Waals surface area contributed by atoms with E-state index in [-0.39, 0.29) is 25.3 Å². The zero-order valence-electron chi connectivity index (χ0n) is 21.6. The third-order valence-electron chi connectivity index (χ3n) is 6.57. The van der Waals surface area contributed by atoms with Gasteiger partial charge in [-0.1, -0.05) is 12.1 Å². The molecule has 2 amide bonds. The third kappa shape index (κ3) is 5.21. The van der Waals surface area contributed by atoms with E-state index < -0.39 is 58.9 Å². The van der Waals surface area contributed by atoms with Crippen molar-refractivity contribution >= 4 is 35.0 Å². The average Bonchev–Trinajstić information content (AvgIpc) is 3.51. The maximum Gasteiger partial charge on any atom is 0.408 e. The zero-order valence-corrected chi connectivity index (χ0v) is 21.6. The van der Waals surface area contributed by atoms with Crippen molar-refractivity contribution < 1.29 is 33.4 Å². The largest absolute Gasteiger partial charge is 0.466 e. The van der Waals surface area contributed by atoms with Crippen molar-refractivity contribution in [3.63, 3.8) is 0 Å². The minimum absolute atomic E-state index is 0.0169. The number of nitrogens with one attached hydrogen (secondary N) is 2. The van der Waals surface area contributed by atoms with Crippen LogP contribution in [0.4, 0.5) is 4.79 Å². The van der Waals surface area contributed by atoms with E-state index in [1.807, 2.05) is 6.07 Å². The molecule has 2 aliphatic rings. The molecule has 11 nitrogen and oxygen atoms in total. The molecule has 0 spiro atoms. The van der Waals surface area contributed by atoms with Gasteiger partial charge in [-0.15, -0.1) is 0 Å². The SMILES string of the molecule is CCOC(=O)[C@H]1C2C(NC(=O)c3cnc4ccccc4n3)CC(NC(=O)OC(C)(C)C)(C(=O)OCC)C21. The Bertz CT molecular complexity index is 1230. The number of esters is 2. The quantitative estimate of drug-likeness (QED) is 0.422. The highest BCUT2D eigenvalue weighted by atomic mass is 16.6. The van der Waals surface area contributed by atoms with Gasteiger partial charge in [0.2, 0.25) is 0 Å². The Labute approximate surface area is 214 Å². The minimum atomic E-state index is -1.58. The molecule has 5 atom stereocenters. The van der Waals surface area contributed by atoms with E-state index in [1.165, 1.54) is 6.20 Å². The Balaban J connectivity index is 1.64. The van der Waals surface area contributed by atoms with E-state index in [2.05, 4.69) is 20.6 Å². The summed E-state index contributed by atoms with van der Waals surface area (Å²) in [6, 6.07) is 6.52. The Morgan fingerprint density at radius 2 is 1.73 bits per heavy atom. The second kappa shape index (κ2) is 9.95. The van der Waals surface area contributed by atoms with Crippen LogP contribution in [0.15, 0.2) is 30.5 Å². The van der Waals surface area contributed by atoms with Gasteiger partial charge in [0.05, 0.1) is 36.4 Å². The molecule has 37 heavy (non-hydrogen) atoms. The molecule has 0 aliphatic heterocycles. The van der Waals surface area contributed by atoms with E-state index in [1.54, 1.807) is 52.8 Å². The summed E-state index contributed by atoms with van der Waals surface area (Å²) in [6.07, 6.45) is 0.571. The monoisotopic (exact) mass is 512 g/mol. The fourth-order valence-electron chi connectivity index (χ4n) is 5.24. The van der Waals surface area contributed by atoms with E-state index in [9.17, 15) is 19.2 Å². The number of rotatable bonds is 7. The Morgan fingerprint density at radius 3 is 2.38 bits per heavy atom. The predicted molar refractivity (Wildman–Crippen MR) is 131 cm³/mol. The van der Waals surface area contributed by atoms with Gasteiger partial charge >= 0.3 is 18.0 Å². The summed E-state index contributed by atoms with van der Waals surface area (Å²) in [6.45, 7) is 8.67. The molecule has 2 N–H and O–H groups in total. The molecule has 198 valence electrons. The van der Waals surface area contributed by atoms with Gasteiger partial charge in [0.25, 0.3) is 5.91 Å². The van der Waals surface area contributed by atoms with Crippen LogP contribution in [0.5, 0.6) is 0 Å². The number of hydrogen-bond acceptors (Lipinski definition) is 9. The highest BCUT2D eigenvalue weighted by molar-refractivity contribution is 5.95. The predicted octanol–water partition coefficient (Wildman–Crippen LogP) is 2.38. The van der Waals surface area contributed by atoms with Gasteiger partial charge in [0, 0.05) is 18.4 Å². The maximum atomic E-state index is 13.3. The van der Waals surface area contributed by atoms with Crippen LogP contribution >= 0.6 is 0 Å². The summed E-state index contributed by atoms with van der Waals surface area (Å²) in [7, 11) is 0. The number of ether oxygens (including phenoxy) is 3. The molecular weight excluding hydrogens is 480 g/mol. The van der Waals surface area contributed by atoms with Crippen molar-refractivity contribution in [3.8, 4) is 0 Å². The molecule has 0 bridgehead atoms. The van der Waals surface area contributed by atoms with Crippen LogP contribution in [0, 0.1) is 17.8 Å². The van der Waals surface area contributed by atoms with Gasteiger partial charge in [-0.05, 0) is 52.7 Å². The number of benzene rings is 1. The molecule has 2 aliphatic carbocycles. The summed E-state index contributed by atoms with van der Waals surface area (Å²) in [5.74, 6) is -3.48. The van der Waals surface area contributed by atoms with Crippen molar-refractivity contribution in [3.05, 3.63) is 36.2 Å². The number of nitrogens with zero attached hydrogens (tertiary/aromatic N) is 2. The second-order valence-electron chi connectivity index (χ2n) is 10.2. The molecule has 0 saturated heterocycles. The average molecular weight is 513 g/mol. The lowest BCUT2D eigenvalue weighted by Crippen LogP contribution is -2.59. The number of amides is 2. The fourth-order valence-corrected chi connectivity index (χ4v) is 5.24. The Morgan fingerprint density at radius 1 is 1.05 bits per heavy atom. The van der Waals surface area contributed by atoms with E-state index >= 15 is 0 Å². The zero-order chi connectivity index (χ0) is 27.0. The van der Waals surface area contributed by atoms with Gasteiger partial charge in [0.15, 0.2) is 0 Å². The number of carbonyl (C=O) groups excluding carboxylic acids is 4. The highest BCUT2D eigenvalue weighted by Crippen LogP contribution is 2.63. The maximum absolute atomic E-state index is 13.3. The standard InChI is InChI=1S/C26H32N4O7/c1-6-35-22(32)19-18-16(29-21(31)17-13-27-14-10-8-9-11-15(14)28-17)12-26(20(18)19,23(33)36-7-2)30-24(34)37-25(3,4)5/h8-11,13,16,18-20H,6-7,12H2,1-5H3,(H,29,31)(H,30,34)/t16?,18?,19-,20?,26?/m0/s1. The fraction of sp³-hybridized carbons (Fsp3) is 0.538. The van der Waals surface area contributed by atoms with Crippen LogP contribution in [0.3, 0.4) is 0 Å². The second-order valence-corrected chi connectivity index (χ2v) is 10.2. The molecule has 11 heteroatoms. The molecule has 1 heterocycles. The van der Waals surface area contributed by atoms with E-state index in [0.717, 1.165) is 0 Å². The number of fused-ring (bicyclic) bond motifs is 2. The summed E-state index contributed by atoms with van der Waals surface area (Å²) < 4.78 is 16.0. The summed E-state index contributed by atoms with van der Waals surface area (Å²) in [5.41, 5.74) is -1.09. The topological polar surface area (TPSA) is 146 Å². The first kappa shape index (κ1) is 26.3. The van der Waals surface area contributed by atoms with E-state index in [0.29, 0.717) is 11.0 Å². The van der Waals surface area contributed by atoms with Crippen molar-refractivity contribution in [2.75, 3.05) is 13.2 Å². The molecule has 2 fully saturated rings. The van der Waals surface area contributed by atoms with Crippen LogP contribution < -0.4 is 10.6 Å². The molecule has 2 saturated carbocycles. The van der Waals surface area contributed by atoms with Gasteiger partial charge in [0.1, 0.15) is 16.8 Å². The minimum Gasteiger partial charge on any atom is -0.466 e. The summed E-state index contributed by atoms with van der Waals surface area (Å²) in [4.78, 5) is 60.7. The first-order chi connectivity index (χ1) is 17.5. The Hall–Kier alpha value is -3.76. The van der Waals surface area contributed by atoms with Gasteiger partial charge in [-0.3, -0.25) is 14.6 Å². The van der Waals surface area contributed by atoms with Crippen LogP contribution in [0.1, 0.15) is 51.5 Å². The summed E-state index contributed by atoms with van der Waals surface area (Å²) >= 11 is 0. The molecule has 1 aromatic heterocycles. The van der Waals surface area contributed by atoms with Gasteiger partial charge < -0.3 is 24.8 Å². The molecule has 0 radical (unpaired) electrons. The first-order valence-corrected chi connectivity index (χ1v) is 12.4. The van der Waals surface area contributed by atoms with Crippen molar-refractivity contribution in [2.45, 2.75) is 58.2 Å². The van der Waals surface area contributed by atoms with Crippen molar-refractivity contribution in [1.82, 2.24) is 20.6 Å². The summed E-state index contributed by atoms with van der Waals surface area (Å²) in [5, 5.41) is 5.60. The highest BCUT2D eigenvalue weighted by Gasteiger charge is 2.76. The van der Waals surface area contributed by atoms with Crippen LogP contribution in [0.2, 0.25) is 0 Å². The number of alkyl carbamates (subject to hydrolysis) is 1. The molecule has 1 aromatic carbocycles. The lowest BCUT2D eigenvalue weighted by Gasteiger charge is -2.33. The number of para-hydroxylation sites is 2. The van der Waals surface area contributed by atoms with Crippen LogP contribution in [-0.4, -0.2) is 64.3 Å². The van der Waals surface area contributed by atoms with Gasteiger partial charge in [-0.2, -0.15) is 0 Å². The number of hydrogen-bond donors (Lipinski definition) is 2. The Kier molecular flexibility index (Phi) is 7.07. The van der Waals surface area contributed by atoms with Crippen LogP contribution in [-0.2, 0) is 23.8 Å². The lowest BCUT2D eigenvalue weighted by molar-refractivity contribution is -0.153. The lowest BCUT2D eigenvalue weighted by atomic mass is 9.88. The number of carbonyl (C=O) groups is 4. The molecular formula is C26H32N4O7. The molecule has 4 unspecified atom stereocenters. The van der Waals surface area contributed by atoms with Crippen molar-refractivity contribution in [1.29, 1.82) is 0 Å². The van der Waals surface area contributed by atoms with Gasteiger partial charge in [-0.25, -0.2) is 14.6 Å². The molecule has 2 aromatic rings. The smallest absolute Gasteiger partial charge is 0.408 e. The number of aromatic nitrogens is 2. The molecule has 4 rings (SSSR count). The normalized spacial score (nSPS) is 26.1. The van der Waals surface area contributed by atoms with Crippen molar-refractivity contribution in [2.24, 2.45) is 17.8 Å². The first-order valence-electron chi connectivity index (χ1n) is 12.4. The van der Waals surface area contributed by atoms with Crippen LogP contribution in [0.25, 0.3) is 11.0 Å².